The van der Waals surface area contributed by atoms with E-state index in [4.69, 9.17) is 9.47 Å². The highest BCUT2D eigenvalue weighted by atomic mass is 16.5. The molecule has 1 aromatic carbocycles. The molecule has 126 valence electrons. The summed E-state index contributed by atoms with van der Waals surface area (Å²) >= 11 is 0. The van der Waals surface area contributed by atoms with E-state index in [-0.39, 0.29) is 17.8 Å². The first kappa shape index (κ1) is 17.5. The van der Waals surface area contributed by atoms with Crippen LogP contribution in [0.25, 0.3) is 0 Å². The van der Waals surface area contributed by atoms with Crippen LogP contribution in [0.2, 0.25) is 0 Å². The van der Waals surface area contributed by atoms with Gasteiger partial charge in [-0.25, -0.2) is 0 Å². The number of rotatable bonds is 7. The number of benzene rings is 1. The zero-order valence-electron chi connectivity index (χ0n) is 14.2. The van der Waals surface area contributed by atoms with Crippen LogP contribution >= 0.6 is 0 Å². The largest absolute Gasteiger partial charge is 0.493 e. The van der Waals surface area contributed by atoms with Crippen LogP contribution in [0.5, 0.6) is 11.5 Å². The summed E-state index contributed by atoms with van der Waals surface area (Å²) in [5, 5.41) is 0. The zero-order valence-corrected chi connectivity index (χ0v) is 14.2. The van der Waals surface area contributed by atoms with E-state index in [1.807, 2.05) is 18.4 Å². The number of ether oxygens (including phenoxy) is 2. The van der Waals surface area contributed by atoms with Gasteiger partial charge in [0.1, 0.15) is 6.61 Å². The molecular weight excluding hydrogens is 306 g/mol. The molecule has 0 bridgehead atoms. The summed E-state index contributed by atoms with van der Waals surface area (Å²) in [4.78, 5) is 24.1. The van der Waals surface area contributed by atoms with Crippen molar-refractivity contribution in [1.29, 1.82) is 0 Å². The smallest absolute Gasteiger partial charge is 0.182 e. The van der Waals surface area contributed by atoms with Gasteiger partial charge in [-0.05, 0) is 32.0 Å². The number of hydrogen-bond donors (Lipinski definition) is 0. The normalized spacial score (nSPS) is 10.3. The molecule has 1 aromatic heterocycles. The topological polar surface area (TPSA) is 57.5 Å². The van der Waals surface area contributed by atoms with Gasteiger partial charge in [0.05, 0.1) is 13.7 Å². The number of nitrogens with zero attached hydrogens (tertiary/aromatic N) is 1. The van der Waals surface area contributed by atoms with Crippen LogP contribution in [0.15, 0.2) is 47.8 Å². The minimum Gasteiger partial charge on any atom is -0.493 e. The molecular formula is C19H21NO4. The van der Waals surface area contributed by atoms with Crippen LogP contribution in [0.3, 0.4) is 0 Å². The third kappa shape index (κ3) is 3.93. The maximum atomic E-state index is 12.6. The molecule has 0 aliphatic rings. The van der Waals surface area contributed by atoms with Gasteiger partial charge >= 0.3 is 0 Å². The molecule has 2 rings (SSSR count). The first-order valence-electron chi connectivity index (χ1n) is 7.59. The first-order chi connectivity index (χ1) is 11.5. The molecule has 0 saturated carbocycles. The number of aryl methyl sites for hydroxylation is 2. The maximum Gasteiger partial charge on any atom is 0.182 e. The Morgan fingerprint density at radius 1 is 1.17 bits per heavy atom. The van der Waals surface area contributed by atoms with Crippen molar-refractivity contribution in [3.05, 3.63) is 70.2 Å². The van der Waals surface area contributed by atoms with E-state index in [0.717, 1.165) is 11.4 Å². The fourth-order valence-electron chi connectivity index (χ4n) is 2.48. The molecule has 0 amide bonds. The Kier molecular flexibility index (Phi) is 5.58. The van der Waals surface area contributed by atoms with E-state index < -0.39 is 0 Å². The standard InChI is InChI=1S/C19H21NO4/c1-5-8-24-19-11-15(6-7-18(19)23-4)17(22)12-20-13(2)9-16(21)10-14(20)3/h5-7,9-11H,1,8,12H2,2-4H3. The Hall–Kier alpha value is -2.82. The van der Waals surface area contributed by atoms with Crippen molar-refractivity contribution in [3.63, 3.8) is 0 Å². The van der Waals surface area contributed by atoms with Crippen LogP contribution in [0.4, 0.5) is 0 Å². The predicted molar refractivity (Wildman–Crippen MR) is 93.2 cm³/mol. The highest BCUT2D eigenvalue weighted by Gasteiger charge is 2.13. The molecule has 0 spiro atoms. The summed E-state index contributed by atoms with van der Waals surface area (Å²) in [5.74, 6) is 0.983. The summed E-state index contributed by atoms with van der Waals surface area (Å²) in [6, 6.07) is 8.11. The van der Waals surface area contributed by atoms with Crippen molar-refractivity contribution in [2.75, 3.05) is 13.7 Å². The quantitative estimate of drug-likeness (QED) is 0.579. The summed E-state index contributed by atoms with van der Waals surface area (Å²) in [6.45, 7) is 7.72. The lowest BCUT2D eigenvalue weighted by Crippen LogP contribution is -2.18. The summed E-state index contributed by atoms with van der Waals surface area (Å²) < 4.78 is 12.6. The highest BCUT2D eigenvalue weighted by molar-refractivity contribution is 5.96. The molecule has 0 aliphatic carbocycles. The third-order valence-corrected chi connectivity index (χ3v) is 3.70. The van der Waals surface area contributed by atoms with Gasteiger partial charge in [-0.2, -0.15) is 0 Å². The number of ketones is 1. The van der Waals surface area contributed by atoms with Gasteiger partial charge in [0.2, 0.25) is 0 Å². The van der Waals surface area contributed by atoms with Crippen molar-refractivity contribution < 1.29 is 14.3 Å². The van der Waals surface area contributed by atoms with Crippen molar-refractivity contribution in [2.45, 2.75) is 20.4 Å². The van der Waals surface area contributed by atoms with Gasteiger partial charge in [-0.1, -0.05) is 12.7 Å². The van der Waals surface area contributed by atoms with Crippen molar-refractivity contribution in [2.24, 2.45) is 0 Å². The molecule has 5 nitrogen and oxygen atoms in total. The van der Waals surface area contributed by atoms with Crippen LogP contribution in [-0.4, -0.2) is 24.1 Å². The van der Waals surface area contributed by atoms with E-state index in [9.17, 15) is 9.59 Å². The number of Topliss-reactive ketones (excluding diaryl/α,β-unsaturated/α-hetero) is 1. The van der Waals surface area contributed by atoms with Crippen molar-refractivity contribution in [1.82, 2.24) is 4.57 Å². The molecule has 0 saturated heterocycles. The molecule has 0 fully saturated rings. The molecule has 24 heavy (non-hydrogen) atoms. The second-order valence-electron chi connectivity index (χ2n) is 5.45. The predicted octanol–water partition coefficient (Wildman–Crippen LogP) is 2.92. The molecule has 0 aliphatic heterocycles. The van der Waals surface area contributed by atoms with Crippen LogP contribution < -0.4 is 14.9 Å². The average Bonchev–Trinajstić information content (AvgIpc) is 2.55. The fourth-order valence-corrected chi connectivity index (χ4v) is 2.48. The number of aromatic nitrogens is 1. The molecule has 0 unspecified atom stereocenters. The Balaban J connectivity index is 2.30. The number of pyridine rings is 1. The maximum absolute atomic E-state index is 12.6. The first-order valence-corrected chi connectivity index (χ1v) is 7.59. The van der Waals surface area contributed by atoms with Gasteiger partial charge < -0.3 is 14.0 Å². The number of carbonyl (C=O) groups is 1. The van der Waals surface area contributed by atoms with E-state index in [1.54, 1.807) is 31.4 Å². The van der Waals surface area contributed by atoms with Gasteiger partial charge in [0.15, 0.2) is 22.7 Å². The Morgan fingerprint density at radius 2 is 1.83 bits per heavy atom. The third-order valence-electron chi connectivity index (χ3n) is 3.70. The molecule has 0 atom stereocenters. The van der Waals surface area contributed by atoms with E-state index in [2.05, 4.69) is 6.58 Å². The van der Waals surface area contributed by atoms with Crippen LogP contribution in [-0.2, 0) is 6.54 Å². The lowest BCUT2D eigenvalue weighted by Gasteiger charge is -2.14. The number of carbonyl (C=O) groups excluding carboxylic acids is 1. The van der Waals surface area contributed by atoms with E-state index >= 15 is 0 Å². The summed E-state index contributed by atoms with van der Waals surface area (Å²) in [7, 11) is 1.55. The molecule has 1 heterocycles. The Bertz CT molecular complexity index is 794. The summed E-state index contributed by atoms with van der Waals surface area (Å²) in [6.07, 6.45) is 1.63. The lowest BCUT2D eigenvalue weighted by atomic mass is 10.1. The monoisotopic (exact) mass is 327 g/mol. The second kappa shape index (κ2) is 7.64. The van der Waals surface area contributed by atoms with Gasteiger partial charge in [0.25, 0.3) is 0 Å². The zero-order chi connectivity index (χ0) is 17.7. The lowest BCUT2D eigenvalue weighted by molar-refractivity contribution is 0.0970. The number of methoxy groups -OCH3 is 1. The average molecular weight is 327 g/mol. The number of hydrogen-bond acceptors (Lipinski definition) is 4. The minimum atomic E-state index is -0.0732. The fraction of sp³-hybridized carbons (Fsp3) is 0.263. The summed E-state index contributed by atoms with van der Waals surface area (Å²) in [5.41, 5.74) is 1.97. The van der Waals surface area contributed by atoms with Gasteiger partial charge in [-0.15, -0.1) is 0 Å². The minimum absolute atomic E-state index is 0.0572. The van der Waals surface area contributed by atoms with Crippen molar-refractivity contribution >= 4 is 5.78 Å². The molecule has 2 aromatic rings. The van der Waals surface area contributed by atoms with Crippen LogP contribution in [0, 0.1) is 13.8 Å². The van der Waals surface area contributed by atoms with E-state index in [0.29, 0.717) is 23.7 Å². The molecule has 0 radical (unpaired) electrons. The van der Waals surface area contributed by atoms with Crippen LogP contribution in [0.1, 0.15) is 21.7 Å². The van der Waals surface area contributed by atoms with Gasteiger partial charge in [-0.3, -0.25) is 9.59 Å². The molecule has 0 N–H and O–H groups in total. The highest BCUT2D eigenvalue weighted by Crippen LogP contribution is 2.28. The van der Waals surface area contributed by atoms with Crippen molar-refractivity contribution in [3.8, 4) is 11.5 Å². The second-order valence-corrected chi connectivity index (χ2v) is 5.45. The SMILES string of the molecule is C=CCOc1cc(C(=O)Cn2c(C)cc(=O)cc2C)ccc1OC. The van der Waals surface area contributed by atoms with Gasteiger partial charge in [0, 0.05) is 29.1 Å². The Labute approximate surface area is 141 Å². The van der Waals surface area contributed by atoms with E-state index in [1.165, 1.54) is 12.1 Å². The molecule has 5 heteroatoms. The Morgan fingerprint density at radius 3 is 2.42 bits per heavy atom.